The van der Waals surface area contributed by atoms with E-state index in [1.165, 1.54) is 0 Å². The standard InChI is InChI=1S/C19H19FN2O2/c1-22-14-13-21-16(22)7-8-18(20)9-11-19(12-10-18,17(23)24)15-5-3-2-4-6-15/h2-6,13-14H,9-12H2,1H3,(H,23,24). The molecule has 0 unspecified atom stereocenters. The van der Waals surface area contributed by atoms with Crippen LogP contribution in [0.15, 0.2) is 42.7 Å². The molecule has 1 saturated carbocycles. The van der Waals surface area contributed by atoms with E-state index in [1.807, 2.05) is 18.2 Å². The molecule has 1 aromatic carbocycles. The van der Waals surface area contributed by atoms with Crippen LogP contribution in [0, 0.1) is 11.8 Å². The number of hydrogen-bond donors (Lipinski definition) is 1. The van der Waals surface area contributed by atoms with Crippen LogP contribution in [0.25, 0.3) is 0 Å². The Morgan fingerprint density at radius 3 is 2.46 bits per heavy atom. The summed E-state index contributed by atoms with van der Waals surface area (Å²) in [6.07, 6.45) is 4.04. The van der Waals surface area contributed by atoms with Gasteiger partial charge in [0.15, 0.2) is 11.5 Å². The van der Waals surface area contributed by atoms with E-state index in [9.17, 15) is 9.90 Å². The van der Waals surface area contributed by atoms with Gasteiger partial charge in [-0.05, 0) is 37.2 Å². The number of carboxylic acid groups (broad SMARTS) is 1. The molecule has 5 heteroatoms. The van der Waals surface area contributed by atoms with Gasteiger partial charge in [0.2, 0.25) is 0 Å². The van der Waals surface area contributed by atoms with Crippen LogP contribution in [0.1, 0.15) is 37.1 Å². The molecule has 1 heterocycles. The van der Waals surface area contributed by atoms with E-state index >= 15 is 4.39 Å². The van der Waals surface area contributed by atoms with Crippen LogP contribution in [-0.4, -0.2) is 26.3 Å². The summed E-state index contributed by atoms with van der Waals surface area (Å²) in [4.78, 5) is 16.0. The quantitative estimate of drug-likeness (QED) is 0.863. The van der Waals surface area contributed by atoms with Gasteiger partial charge in [0.1, 0.15) is 0 Å². The number of alkyl halides is 1. The van der Waals surface area contributed by atoms with Gasteiger partial charge in [0.05, 0.1) is 5.41 Å². The summed E-state index contributed by atoms with van der Waals surface area (Å²) in [5.74, 6) is 5.06. The number of aromatic nitrogens is 2. The molecule has 1 aliphatic carbocycles. The molecule has 2 aromatic rings. The van der Waals surface area contributed by atoms with Gasteiger partial charge in [-0.15, -0.1) is 0 Å². The predicted molar refractivity (Wildman–Crippen MR) is 88.1 cm³/mol. The summed E-state index contributed by atoms with van der Waals surface area (Å²) in [7, 11) is 1.80. The van der Waals surface area contributed by atoms with E-state index in [0.717, 1.165) is 5.56 Å². The van der Waals surface area contributed by atoms with Gasteiger partial charge >= 0.3 is 5.97 Å². The minimum Gasteiger partial charge on any atom is -0.481 e. The molecule has 0 atom stereocenters. The topological polar surface area (TPSA) is 55.1 Å². The Balaban J connectivity index is 1.82. The first-order valence-corrected chi connectivity index (χ1v) is 7.94. The van der Waals surface area contributed by atoms with Crippen LogP contribution in [0.2, 0.25) is 0 Å². The lowest BCUT2D eigenvalue weighted by Crippen LogP contribution is -2.43. The second kappa shape index (κ2) is 6.12. The molecule has 0 radical (unpaired) electrons. The predicted octanol–water partition coefficient (Wildman–Crippen LogP) is 3.08. The lowest BCUT2D eigenvalue weighted by atomic mass is 9.66. The second-order valence-electron chi connectivity index (χ2n) is 6.33. The normalized spacial score (nSPS) is 26.4. The van der Waals surface area contributed by atoms with Crippen molar-refractivity contribution in [2.24, 2.45) is 7.05 Å². The molecule has 0 bridgehead atoms. The largest absolute Gasteiger partial charge is 0.481 e. The van der Waals surface area contributed by atoms with Gasteiger partial charge in [-0.25, -0.2) is 9.37 Å². The molecule has 0 saturated heterocycles. The molecule has 0 aliphatic heterocycles. The number of rotatable bonds is 2. The summed E-state index contributed by atoms with van der Waals surface area (Å²) < 4.78 is 16.7. The van der Waals surface area contributed by atoms with Crippen LogP contribution in [0.3, 0.4) is 0 Å². The number of aliphatic carboxylic acids is 1. The van der Waals surface area contributed by atoms with Gasteiger partial charge in [0.25, 0.3) is 0 Å². The van der Waals surface area contributed by atoms with Crippen LogP contribution >= 0.6 is 0 Å². The fraction of sp³-hybridized carbons (Fsp3) is 0.368. The third-order valence-electron chi connectivity index (χ3n) is 4.85. The van der Waals surface area contributed by atoms with Crippen LogP contribution < -0.4 is 0 Å². The fourth-order valence-corrected chi connectivity index (χ4v) is 3.24. The van der Waals surface area contributed by atoms with Gasteiger partial charge < -0.3 is 9.67 Å². The molecule has 1 aliphatic rings. The number of hydrogen-bond acceptors (Lipinski definition) is 2. The molecule has 1 fully saturated rings. The van der Waals surface area contributed by atoms with Crippen molar-refractivity contribution in [2.75, 3.05) is 0 Å². The minimum atomic E-state index is -1.67. The summed E-state index contributed by atoms with van der Waals surface area (Å²) in [5, 5.41) is 9.76. The molecule has 0 amide bonds. The third kappa shape index (κ3) is 2.92. The van der Waals surface area contributed by atoms with Crippen molar-refractivity contribution in [3.05, 3.63) is 54.1 Å². The number of carbonyl (C=O) groups is 1. The molecule has 0 spiro atoms. The summed E-state index contributed by atoms with van der Waals surface area (Å²) >= 11 is 0. The van der Waals surface area contributed by atoms with Crippen molar-refractivity contribution < 1.29 is 14.3 Å². The summed E-state index contributed by atoms with van der Waals surface area (Å²) in [6, 6.07) is 9.09. The highest BCUT2D eigenvalue weighted by Gasteiger charge is 2.48. The average molecular weight is 326 g/mol. The van der Waals surface area contributed by atoms with Gasteiger partial charge in [-0.3, -0.25) is 4.79 Å². The van der Waals surface area contributed by atoms with Crippen molar-refractivity contribution in [2.45, 2.75) is 36.8 Å². The Kier molecular flexibility index (Phi) is 4.15. The number of imidazole rings is 1. The van der Waals surface area contributed by atoms with Crippen LogP contribution in [-0.2, 0) is 17.3 Å². The number of nitrogens with zero attached hydrogens (tertiary/aromatic N) is 2. The zero-order chi connectivity index (χ0) is 17.2. The first kappa shape index (κ1) is 16.3. The molecule has 1 N–H and O–H groups in total. The van der Waals surface area contributed by atoms with Crippen molar-refractivity contribution in [1.82, 2.24) is 9.55 Å². The first-order valence-electron chi connectivity index (χ1n) is 7.94. The van der Waals surface area contributed by atoms with Crippen molar-refractivity contribution in [3.63, 3.8) is 0 Å². The lowest BCUT2D eigenvalue weighted by Gasteiger charge is -2.38. The molecule has 3 rings (SSSR count). The third-order valence-corrected chi connectivity index (χ3v) is 4.85. The van der Waals surface area contributed by atoms with E-state index in [1.54, 1.807) is 36.1 Å². The highest BCUT2D eigenvalue weighted by atomic mass is 19.1. The molecule has 4 nitrogen and oxygen atoms in total. The SMILES string of the molecule is Cn1ccnc1C#CC1(F)CCC(C(=O)O)(c2ccccc2)CC1. The Hall–Kier alpha value is -2.61. The Bertz CT molecular complexity index is 794. The van der Waals surface area contributed by atoms with Crippen LogP contribution in [0.4, 0.5) is 4.39 Å². The maximum Gasteiger partial charge on any atom is 0.314 e. The zero-order valence-corrected chi connectivity index (χ0v) is 13.5. The van der Waals surface area contributed by atoms with E-state index in [2.05, 4.69) is 16.8 Å². The fourth-order valence-electron chi connectivity index (χ4n) is 3.24. The molecule has 24 heavy (non-hydrogen) atoms. The lowest BCUT2D eigenvalue weighted by molar-refractivity contribution is -0.146. The highest BCUT2D eigenvalue weighted by molar-refractivity contribution is 5.81. The maximum absolute atomic E-state index is 15.0. The number of benzene rings is 1. The summed E-state index contributed by atoms with van der Waals surface area (Å²) in [6.45, 7) is 0. The van der Waals surface area contributed by atoms with Crippen LogP contribution in [0.5, 0.6) is 0 Å². The first-order chi connectivity index (χ1) is 11.5. The molecular weight excluding hydrogens is 307 g/mol. The van der Waals surface area contributed by atoms with E-state index in [-0.39, 0.29) is 25.7 Å². The summed E-state index contributed by atoms with van der Waals surface area (Å²) in [5.41, 5.74) is -1.96. The van der Waals surface area contributed by atoms with E-state index in [4.69, 9.17) is 0 Å². The Morgan fingerprint density at radius 1 is 1.25 bits per heavy atom. The number of halogens is 1. The van der Waals surface area contributed by atoms with Gasteiger partial charge in [-0.2, -0.15) is 0 Å². The minimum absolute atomic E-state index is 0.103. The molecular formula is C19H19FN2O2. The number of aryl methyl sites for hydroxylation is 1. The monoisotopic (exact) mass is 326 g/mol. The maximum atomic E-state index is 15.0. The average Bonchev–Trinajstić information content (AvgIpc) is 3.00. The number of carboxylic acids is 1. The van der Waals surface area contributed by atoms with E-state index < -0.39 is 17.1 Å². The highest BCUT2D eigenvalue weighted by Crippen LogP contribution is 2.44. The smallest absolute Gasteiger partial charge is 0.314 e. The Labute approximate surface area is 140 Å². The van der Waals surface area contributed by atoms with Crippen molar-refractivity contribution in [3.8, 4) is 11.8 Å². The van der Waals surface area contributed by atoms with Gasteiger partial charge in [-0.1, -0.05) is 36.3 Å². The Morgan fingerprint density at radius 2 is 1.92 bits per heavy atom. The second-order valence-corrected chi connectivity index (χ2v) is 6.33. The zero-order valence-electron chi connectivity index (χ0n) is 13.5. The van der Waals surface area contributed by atoms with Crippen molar-refractivity contribution >= 4 is 5.97 Å². The van der Waals surface area contributed by atoms with Crippen molar-refractivity contribution in [1.29, 1.82) is 0 Å². The van der Waals surface area contributed by atoms with E-state index in [0.29, 0.717) is 5.82 Å². The molecule has 1 aromatic heterocycles. The van der Waals surface area contributed by atoms with Gasteiger partial charge in [0, 0.05) is 19.4 Å². The molecule has 124 valence electrons.